The number of allylic oxidation sites excluding steroid dienone is 2. The molecule has 0 saturated heterocycles. The quantitative estimate of drug-likeness (QED) is 0.0798. The molecule has 4 nitrogen and oxygen atoms in total. The fourth-order valence-electron chi connectivity index (χ4n) is 8.07. The van der Waals surface area contributed by atoms with Crippen LogP contribution in [0.3, 0.4) is 0 Å². The third-order valence-electron chi connectivity index (χ3n) is 11.2. The van der Waals surface area contributed by atoms with Crippen LogP contribution in [0.5, 0.6) is 0 Å². The van der Waals surface area contributed by atoms with Crippen molar-refractivity contribution >= 4 is 27.3 Å². The molecule has 319 valence electrons. The van der Waals surface area contributed by atoms with E-state index in [1.54, 1.807) is 6.92 Å². The summed E-state index contributed by atoms with van der Waals surface area (Å²) in [5.74, 6) is -0.424. The average molecular weight is 990 g/mol. The predicted molar refractivity (Wildman–Crippen MR) is 241 cm³/mol. The number of hydrogen-bond donors (Lipinski definition) is 1. The predicted octanol–water partition coefficient (Wildman–Crippen LogP) is 14.7. The Labute approximate surface area is 374 Å². The Morgan fingerprint density at radius 3 is 1.85 bits per heavy atom. The number of carbonyl (C=O) groups excluding carboxylic acids is 1. The molecule has 0 aliphatic heterocycles. The van der Waals surface area contributed by atoms with E-state index in [4.69, 9.17) is 4.11 Å². The largest absolute Gasteiger partial charge is 0.512 e. The van der Waals surface area contributed by atoms with Crippen molar-refractivity contribution in [3.8, 4) is 22.5 Å². The van der Waals surface area contributed by atoms with Crippen molar-refractivity contribution in [2.45, 2.75) is 119 Å². The van der Waals surface area contributed by atoms with E-state index in [2.05, 4.69) is 72.3 Å². The topological polar surface area (TPSA) is 63.1 Å². The Kier molecular flexibility index (Phi) is 16.6. The van der Waals surface area contributed by atoms with Gasteiger partial charge in [0.2, 0.25) is 6.43 Å². The van der Waals surface area contributed by atoms with E-state index in [9.17, 15) is 18.7 Å². The number of carbonyl (C=O) groups is 1. The number of alkyl halides is 2. The molecular weight excluding hydrogens is 927 g/mol. The zero-order valence-electron chi connectivity index (χ0n) is 39.2. The molecule has 7 rings (SSSR count). The number of aliphatic hydroxyl groups is 1. The Balaban J connectivity index is 0.000000210. The van der Waals surface area contributed by atoms with Crippen LogP contribution in [0.1, 0.15) is 116 Å². The smallest absolute Gasteiger partial charge is 0.239 e. The average Bonchev–Trinajstić information content (AvgIpc) is 3.76. The summed E-state index contributed by atoms with van der Waals surface area (Å²) in [4.78, 5) is 20.5. The summed E-state index contributed by atoms with van der Waals surface area (Å²) in [6, 6.07) is 29.8. The fourth-order valence-corrected chi connectivity index (χ4v) is 8.07. The summed E-state index contributed by atoms with van der Waals surface area (Å²) >= 11 is 0. The molecule has 1 N–H and O–H groups in total. The summed E-state index contributed by atoms with van der Waals surface area (Å²) < 4.78 is 48.6. The van der Waals surface area contributed by atoms with Crippen LogP contribution in [0.25, 0.3) is 44.1 Å². The van der Waals surface area contributed by atoms with Crippen molar-refractivity contribution in [2.24, 2.45) is 11.8 Å². The maximum atomic E-state index is 12.2. The molecule has 1 atom stereocenters. The van der Waals surface area contributed by atoms with Gasteiger partial charge in [0.25, 0.3) is 0 Å². The van der Waals surface area contributed by atoms with Crippen molar-refractivity contribution in [1.82, 2.24) is 9.97 Å². The maximum absolute atomic E-state index is 12.2. The van der Waals surface area contributed by atoms with Gasteiger partial charge in [-0.05, 0) is 95.6 Å². The van der Waals surface area contributed by atoms with E-state index in [0.29, 0.717) is 31.4 Å². The summed E-state index contributed by atoms with van der Waals surface area (Å²) in [6.07, 6.45) is 5.69. The number of aromatic nitrogens is 2. The zero-order chi connectivity index (χ0) is 45.2. The van der Waals surface area contributed by atoms with E-state index in [1.165, 1.54) is 36.8 Å². The third kappa shape index (κ3) is 13.0. The number of benzene rings is 4. The van der Waals surface area contributed by atoms with Gasteiger partial charge in [-0.3, -0.25) is 4.79 Å². The molecule has 1 unspecified atom stereocenters. The van der Waals surface area contributed by atoms with Crippen molar-refractivity contribution in [1.29, 1.82) is 0 Å². The SMILES string of the molecule is CCC(CC)C(=O)/C=C(\O)C(CC)CC(F)F.[2H]c1cc2cc(C3CCCC3)ccc2c(-c2[c-]c(C)cc(C)c2)n1.[2H]c1nc(-c2[c-]c(C)cc(C)c2)c2ccc(C)cc2c1[2H].[Ir]. The van der Waals surface area contributed by atoms with Crippen LogP contribution < -0.4 is 0 Å². The molecular formula is C53H60F2IrN2O2-2. The Hall–Kier alpha value is -4.58. The molecule has 1 fully saturated rings. The van der Waals surface area contributed by atoms with Crippen molar-refractivity contribution in [3.05, 3.63) is 142 Å². The monoisotopic (exact) mass is 990 g/mol. The van der Waals surface area contributed by atoms with Crippen LogP contribution >= 0.6 is 0 Å². The van der Waals surface area contributed by atoms with Gasteiger partial charge >= 0.3 is 0 Å². The van der Waals surface area contributed by atoms with E-state index < -0.39 is 18.8 Å². The first kappa shape index (κ1) is 43.5. The number of halogens is 2. The van der Waals surface area contributed by atoms with Crippen molar-refractivity contribution < 1.29 is 42.9 Å². The molecule has 0 spiro atoms. The second kappa shape index (κ2) is 22.9. The van der Waals surface area contributed by atoms with Gasteiger partial charge in [0.15, 0.2) is 5.78 Å². The molecule has 7 heteroatoms. The molecule has 1 aliphatic rings. The van der Waals surface area contributed by atoms with Crippen LogP contribution in [0, 0.1) is 58.6 Å². The van der Waals surface area contributed by atoms with Gasteiger partial charge in [0.1, 0.15) is 0 Å². The molecule has 0 amide bonds. The van der Waals surface area contributed by atoms with Crippen molar-refractivity contribution in [3.63, 3.8) is 0 Å². The minimum absolute atomic E-state index is 0. The number of pyridine rings is 2. The van der Waals surface area contributed by atoms with E-state index in [-0.39, 0.29) is 49.8 Å². The minimum Gasteiger partial charge on any atom is -0.512 e. The summed E-state index contributed by atoms with van der Waals surface area (Å²) in [6.45, 7) is 15.7. The number of rotatable bonds is 11. The standard InChI is InChI=1S/C22H22N.C18H16N.C13H22F2O2.Ir/c1-15-11-16(2)13-20(12-15)22-21-8-7-18(17-5-3-4-6-17)14-19(21)9-10-23-22;1-12-4-5-17-15(9-12)6-7-19-18(17)16-10-13(2)8-14(3)11-16;1-4-9(5-2)11(16)8-12(17)10(6-3)7-13(14)15;/h7-12,14,17H,3-6H2,1-2H3;4-10H,1-3H3;8-10,13,17H,4-7H2,1-3H3;/q2*-1;;/b;;12-8-;/i10D;6D,7D;;. The molecule has 1 radical (unpaired) electrons. The van der Waals surface area contributed by atoms with Gasteiger partial charge in [-0.1, -0.05) is 103 Å². The molecule has 2 heterocycles. The van der Waals surface area contributed by atoms with Gasteiger partial charge in [-0.15, -0.1) is 69.8 Å². The number of nitrogens with zero attached hydrogens (tertiary/aromatic N) is 2. The Morgan fingerprint density at radius 1 is 0.750 bits per heavy atom. The minimum atomic E-state index is -2.46. The van der Waals surface area contributed by atoms with E-state index in [1.807, 2.05) is 65.0 Å². The molecule has 60 heavy (non-hydrogen) atoms. The molecule has 2 aromatic heterocycles. The van der Waals surface area contributed by atoms with E-state index in [0.717, 1.165) is 72.4 Å². The summed E-state index contributed by atoms with van der Waals surface area (Å²) in [5.41, 5.74) is 10.5. The summed E-state index contributed by atoms with van der Waals surface area (Å²) in [5, 5.41) is 13.6. The molecule has 0 bridgehead atoms. The zero-order valence-corrected chi connectivity index (χ0v) is 38.6. The molecule has 6 aromatic rings. The first-order chi connectivity index (χ1) is 29.5. The van der Waals surface area contributed by atoms with Gasteiger partial charge in [-0.25, -0.2) is 8.78 Å². The Bertz CT molecular complexity index is 2510. The first-order valence-electron chi connectivity index (χ1n) is 22.5. The second-order valence-electron chi connectivity index (χ2n) is 16.0. The first-order valence-corrected chi connectivity index (χ1v) is 21.0. The maximum Gasteiger partial charge on any atom is 0.239 e. The Morgan fingerprint density at radius 2 is 1.30 bits per heavy atom. The van der Waals surface area contributed by atoms with Crippen LogP contribution in [0.2, 0.25) is 0 Å². The third-order valence-corrected chi connectivity index (χ3v) is 11.2. The van der Waals surface area contributed by atoms with Crippen LogP contribution in [-0.2, 0) is 24.9 Å². The summed E-state index contributed by atoms with van der Waals surface area (Å²) in [7, 11) is 0. The van der Waals surface area contributed by atoms with Crippen LogP contribution in [0.4, 0.5) is 8.78 Å². The fraction of sp³-hybridized carbons (Fsp3) is 0.377. The molecule has 1 saturated carbocycles. The van der Waals surface area contributed by atoms with Gasteiger partial charge in [0.05, 0.1) is 9.87 Å². The van der Waals surface area contributed by atoms with Gasteiger partial charge in [-0.2, -0.15) is 0 Å². The van der Waals surface area contributed by atoms with Crippen LogP contribution in [0.15, 0.2) is 97.0 Å². The van der Waals surface area contributed by atoms with Crippen LogP contribution in [-0.4, -0.2) is 27.3 Å². The molecule has 1 aliphatic carbocycles. The number of ketones is 1. The number of fused-ring (bicyclic) bond motifs is 2. The normalized spacial score (nSPS) is 14.1. The number of aliphatic hydroxyl groups excluding tert-OH is 1. The van der Waals surface area contributed by atoms with Gasteiger partial charge < -0.3 is 15.1 Å². The van der Waals surface area contributed by atoms with E-state index >= 15 is 0 Å². The number of hydrogen-bond acceptors (Lipinski definition) is 4. The molecule has 4 aromatic carbocycles. The number of aryl methyl sites for hydroxylation is 5. The van der Waals surface area contributed by atoms with Crippen molar-refractivity contribution in [2.75, 3.05) is 0 Å². The van der Waals surface area contributed by atoms with Gasteiger partial charge in [0, 0.05) is 56.8 Å². The second-order valence-corrected chi connectivity index (χ2v) is 16.0.